The van der Waals surface area contributed by atoms with E-state index in [2.05, 4.69) is 157 Å². The average Bonchev–Trinajstić information content (AvgIpc) is 3.52. The lowest BCUT2D eigenvalue weighted by molar-refractivity contribution is 0.669. The van der Waals surface area contributed by atoms with Crippen LogP contribution < -0.4 is 4.90 Å². The predicted octanol–water partition coefficient (Wildman–Crippen LogP) is 12.6. The maximum atomic E-state index is 6.38. The third-order valence-corrected chi connectivity index (χ3v) is 10.4. The Hall–Kier alpha value is -5.84. The molecule has 3 heterocycles. The summed E-state index contributed by atoms with van der Waals surface area (Å²) in [5, 5.41) is 5.66. The molecule has 0 fully saturated rings. The first-order valence-electron chi connectivity index (χ1n) is 15.8. The van der Waals surface area contributed by atoms with Gasteiger partial charge in [0, 0.05) is 53.5 Å². The number of rotatable bonds is 3. The van der Waals surface area contributed by atoms with Gasteiger partial charge in [-0.05, 0) is 60.2 Å². The Morgan fingerprint density at radius 2 is 1.17 bits per heavy atom. The van der Waals surface area contributed by atoms with Crippen LogP contribution in [0.1, 0.15) is 0 Å². The molecule has 0 saturated carbocycles. The van der Waals surface area contributed by atoms with Crippen molar-refractivity contribution in [2.45, 2.75) is 9.79 Å². The van der Waals surface area contributed by atoms with Gasteiger partial charge in [0.1, 0.15) is 11.2 Å². The summed E-state index contributed by atoms with van der Waals surface area (Å²) in [4.78, 5) is 10.4. The van der Waals surface area contributed by atoms with Gasteiger partial charge < -0.3 is 9.32 Å². The zero-order valence-electron chi connectivity index (χ0n) is 25.2. The molecule has 0 spiro atoms. The molecule has 0 bridgehead atoms. The summed E-state index contributed by atoms with van der Waals surface area (Å²) in [7, 11) is 0. The maximum Gasteiger partial charge on any atom is 0.136 e. The molecule has 1 aliphatic heterocycles. The van der Waals surface area contributed by atoms with E-state index in [4.69, 9.17) is 9.40 Å². The van der Waals surface area contributed by atoms with Crippen LogP contribution in [0, 0.1) is 0 Å². The summed E-state index contributed by atoms with van der Waals surface area (Å²) in [6.07, 6.45) is 0. The van der Waals surface area contributed by atoms with Crippen molar-refractivity contribution in [2.75, 3.05) is 4.90 Å². The topological polar surface area (TPSA) is 29.3 Å². The van der Waals surface area contributed by atoms with Gasteiger partial charge in [0.15, 0.2) is 0 Å². The Bertz CT molecular complexity index is 2630. The average molecular weight is 619 g/mol. The number of hydrogen-bond acceptors (Lipinski definition) is 4. The Labute approximate surface area is 275 Å². The van der Waals surface area contributed by atoms with E-state index in [0.29, 0.717) is 0 Å². The molecular formula is C43H26N2OS. The molecule has 0 amide bonds. The Morgan fingerprint density at radius 3 is 2.00 bits per heavy atom. The number of para-hydroxylation sites is 4. The molecule has 47 heavy (non-hydrogen) atoms. The van der Waals surface area contributed by atoms with Gasteiger partial charge in [-0.1, -0.05) is 115 Å². The van der Waals surface area contributed by atoms with E-state index in [1.165, 1.54) is 26.6 Å². The van der Waals surface area contributed by atoms with Crippen LogP contribution in [-0.2, 0) is 0 Å². The van der Waals surface area contributed by atoms with Crippen molar-refractivity contribution in [1.82, 2.24) is 4.98 Å². The monoisotopic (exact) mass is 618 g/mol. The van der Waals surface area contributed by atoms with Crippen LogP contribution in [0.2, 0.25) is 0 Å². The lowest BCUT2D eigenvalue weighted by atomic mass is 9.93. The molecule has 0 aliphatic carbocycles. The number of hydrogen-bond donors (Lipinski definition) is 0. The molecule has 9 aromatic rings. The summed E-state index contributed by atoms with van der Waals surface area (Å²) in [6.45, 7) is 0. The van der Waals surface area contributed by atoms with E-state index in [-0.39, 0.29) is 0 Å². The van der Waals surface area contributed by atoms with Crippen molar-refractivity contribution in [3.8, 4) is 22.4 Å². The van der Waals surface area contributed by atoms with Gasteiger partial charge in [-0.2, -0.15) is 0 Å². The first kappa shape index (κ1) is 26.4. The van der Waals surface area contributed by atoms with Crippen molar-refractivity contribution in [3.05, 3.63) is 158 Å². The highest BCUT2D eigenvalue weighted by Gasteiger charge is 2.25. The minimum Gasteiger partial charge on any atom is -0.456 e. The zero-order valence-corrected chi connectivity index (χ0v) is 26.0. The van der Waals surface area contributed by atoms with E-state index < -0.39 is 0 Å². The summed E-state index contributed by atoms with van der Waals surface area (Å²) in [5.74, 6) is 0. The van der Waals surface area contributed by atoms with Gasteiger partial charge in [-0.25, -0.2) is 4.98 Å². The molecule has 0 radical (unpaired) electrons. The third kappa shape index (κ3) is 4.05. The molecule has 0 saturated heterocycles. The van der Waals surface area contributed by atoms with Crippen LogP contribution >= 0.6 is 11.8 Å². The molecule has 10 rings (SSSR count). The first-order valence-corrected chi connectivity index (χ1v) is 16.6. The number of aromatic nitrogens is 1. The summed E-state index contributed by atoms with van der Waals surface area (Å²) in [6, 6.07) is 55.9. The number of pyridine rings is 1. The van der Waals surface area contributed by atoms with Gasteiger partial charge in [-0.3, -0.25) is 0 Å². The van der Waals surface area contributed by atoms with Crippen molar-refractivity contribution in [1.29, 1.82) is 0 Å². The van der Waals surface area contributed by atoms with E-state index >= 15 is 0 Å². The normalized spacial score (nSPS) is 12.6. The standard InChI is InChI=1S/C43H26N2OS/c1-2-12-27(13-3-1)42-33-24-25-37-41(31-16-4-7-21-36(31)46-37)40(33)32-18-11-17-30(43(32)44-42)28-14-10-15-29(26-28)45-34-19-5-8-22-38(34)47-39-23-9-6-20-35(39)45/h1-26H. The molecule has 0 N–H and O–H groups in total. The van der Waals surface area contributed by atoms with E-state index in [0.717, 1.165) is 66.3 Å². The minimum atomic E-state index is 0.887. The van der Waals surface area contributed by atoms with Crippen LogP contribution in [0.4, 0.5) is 17.1 Å². The minimum absolute atomic E-state index is 0.887. The van der Waals surface area contributed by atoms with E-state index in [1.54, 1.807) is 0 Å². The van der Waals surface area contributed by atoms with Crippen LogP contribution in [0.3, 0.4) is 0 Å². The highest BCUT2D eigenvalue weighted by atomic mass is 32.2. The summed E-state index contributed by atoms with van der Waals surface area (Å²) >= 11 is 1.83. The lowest BCUT2D eigenvalue weighted by Gasteiger charge is -2.33. The van der Waals surface area contributed by atoms with Crippen molar-refractivity contribution >= 4 is 72.4 Å². The maximum absolute atomic E-state index is 6.38. The second-order valence-electron chi connectivity index (χ2n) is 11.9. The number of nitrogens with zero attached hydrogens (tertiary/aromatic N) is 2. The summed E-state index contributed by atoms with van der Waals surface area (Å²) < 4.78 is 6.38. The van der Waals surface area contributed by atoms with Gasteiger partial charge >= 0.3 is 0 Å². The fourth-order valence-electron chi connectivity index (χ4n) is 7.18. The number of fused-ring (bicyclic) bond motifs is 9. The van der Waals surface area contributed by atoms with Crippen molar-refractivity contribution in [2.24, 2.45) is 0 Å². The Morgan fingerprint density at radius 1 is 0.489 bits per heavy atom. The smallest absolute Gasteiger partial charge is 0.136 e. The molecule has 7 aromatic carbocycles. The largest absolute Gasteiger partial charge is 0.456 e. The molecular weight excluding hydrogens is 593 g/mol. The van der Waals surface area contributed by atoms with Crippen molar-refractivity contribution < 1.29 is 4.42 Å². The van der Waals surface area contributed by atoms with Gasteiger partial charge in [0.25, 0.3) is 0 Å². The highest BCUT2D eigenvalue weighted by molar-refractivity contribution is 7.99. The van der Waals surface area contributed by atoms with Crippen LogP contribution in [0.15, 0.2) is 172 Å². The SMILES string of the molecule is c1ccc(-c2nc3c(-c4cccc(N5c6ccccc6Sc6ccccc65)c4)cccc3c3c2ccc2oc4ccccc4c23)cc1. The van der Waals surface area contributed by atoms with Crippen LogP contribution in [0.5, 0.6) is 0 Å². The van der Waals surface area contributed by atoms with E-state index in [1.807, 2.05) is 17.8 Å². The molecule has 3 nitrogen and oxygen atoms in total. The molecule has 0 atom stereocenters. The number of benzene rings is 7. The highest BCUT2D eigenvalue weighted by Crippen LogP contribution is 2.52. The van der Waals surface area contributed by atoms with Gasteiger partial charge in [0.2, 0.25) is 0 Å². The van der Waals surface area contributed by atoms with Crippen molar-refractivity contribution in [3.63, 3.8) is 0 Å². The first-order chi connectivity index (χ1) is 23.3. The lowest BCUT2D eigenvalue weighted by Crippen LogP contribution is -2.14. The second kappa shape index (κ2) is 10.3. The van der Waals surface area contributed by atoms with Gasteiger partial charge in [-0.15, -0.1) is 0 Å². The molecule has 220 valence electrons. The molecule has 0 unspecified atom stereocenters. The number of anilines is 3. The summed E-state index contributed by atoms with van der Waals surface area (Å²) in [5.41, 5.74) is 10.5. The Balaban J connectivity index is 1.26. The third-order valence-electron chi connectivity index (χ3n) is 9.22. The van der Waals surface area contributed by atoms with Crippen LogP contribution in [0.25, 0.3) is 66.0 Å². The molecule has 2 aromatic heterocycles. The Kier molecular flexibility index (Phi) is 5.81. The zero-order chi connectivity index (χ0) is 30.9. The molecule has 4 heteroatoms. The predicted molar refractivity (Wildman–Crippen MR) is 196 cm³/mol. The second-order valence-corrected chi connectivity index (χ2v) is 13.0. The fraction of sp³-hybridized carbons (Fsp3) is 0. The fourth-order valence-corrected chi connectivity index (χ4v) is 8.23. The van der Waals surface area contributed by atoms with Crippen LogP contribution in [-0.4, -0.2) is 4.98 Å². The number of furan rings is 1. The van der Waals surface area contributed by atoms with E-state index in [9.17, 15) is 0 Å². The van der Waals surface area contributed by atoms with Gasteiger partial charge in [0.05, 0.1) is 22.6 Å². The quantitative estimate of drug-likeness (QED) is 0.184. The molecule has 1 aliphatic rings.